The van der Waals surface area contributed by atoms with Crippen molar-refractivity contribution in [2.75, 3.05) is 5.88 Å². The van der Waals surface area contributed by atoms with Crippen molar-refractivity contribution in [1.29, 1.82) is 0 Å². The van der Waals surface area contributed by atoms with Crippen LogP contribution in [0.4, 0.5) is 0 Å². The molecular weight excluding hydrogens is 226 g/mol. The first kappa shape index (κ1) is 13.0. The average molecular weight is 244 g/mol. The molecule has 0 aromatic carbocycles. The number of halogens is 1. The van der Waals surface area contributed by atoms with Crippen molar-refractivity contribution in [3.05, 3.63) is 18.2 Å². The monoisotopic (exact) mass is 243 g/mol. The summed E-state index contributed by atoms with van der Waals surface area (Å²) in [5, 5.41) is 2.95. The molecule has 0 spiro atoms. The van der Waals surface area contributed by atoms with Crippen LogP contribution < -0.4 is 5.32 Å². The molecule has 0 saturated heterocycles. The molecule has 0 aliphatic rings. The number of aromatic nitrogens is 2. The van der Waals surface area contributed by atoms with E-state index >= 15 is 0 Å². The summed E-state index contributed by atoms with van der Waals surface area (Å²) in [5.41, 5.74) is 0.447. The van der Waals surface area contributed by atoms with Crippen LogP contribution in [0.15, 0.2) is 12.5 Å². The topological polar surface area (TPSA) is 46.9 Å². The summed E-state index contributed by atoms with van der Waals surface area (Å²) in [4.78, 5) is 15.8. The Morgan fingerprint density at radius 3 is 2.75 bits per heavy atom. The summed E-state index contributed by atoms with van der Waals surface area (Å²) >= 11 is 5.70. The molecule has 5 heteroatoms. The number of carbonyl (C=O) groups excluding carboxylic acids is 1. The van der Waals surface area contributed by atoms with Gasteiger partial charge in [0, 0.05) is 25.2 Å². The van der Waals surface area contributed by atoms with Crippen molar-refractivity contribution < 1.29 is 4.79 Å². The van der Waals surface area contributed by atoms with Gasteiger partial charge in [0.1, 0.15) is 5.69 Å². The Morgan fingerprint density at radius 2 is 2.31 bits per heavy atom. The first-order chi connectivity index (χ1) is 7.54. The Labute approximate surface area is 101 Å². The van der Waals surface area contributed by atoms with Crippen LogP contribution in [0.3, 0.4) is 0 Å². The number of aryl methyl sites for hydroxylation is 1. The molecule has 1 atom stereocenters. The Kier molecular flexibility index (Phi) is 4.80. The van der Waals surface area contributed by atoms with Crippen molar-refractivity contribution in [3.63, 3.8) is 0 Å². The number of nitrogens with one attached hydrogen (secondary N) is 1. The summed E-state index contributed by atoms with van der Waals surface area (Å²) in [6, 6.07) is 0.104. The number of alkyl halides is 1. The first-order valence-corrected chi connectivity index (χ1v) is 5.92. The molecule has 1 rings (SSSR count). The van der Waals surface area contributed by atoms with E-state index in [0.29, 0.717) is 17.5 Å². The van der Waals surface area contributed by atoms with Gasteiger partial charge in [0.25, 0.3) is 5.91 Å². The molecule has 1 aromatic heterocycles. The maximum atomic E-state index is 11.8. The zero-order valence-electron chi connectivity index (χ0n) is 9.90. The Morgan fingerprint density at radius 1 is 1.62 bits per heavy atom. The van der Waals surface area contributed by atoms with E-state index in [1.54, 1.807) is 17.1 Å². The third-order valence-electron chi connectivity index (χ3n) is 2.48. The van der Waals surface area contributed by atoms with Crippen molar-refractivity contribution >= 4 is 17.5 Å². The molecule has 0 bridgehead atoms. The molecule has 1 N–H and O–H groups in total. The van der Waals surface area contributed by atoms with Gasteiger partial charge in [-0.15, -0.1) is 11.6 Å². The van der Waals surface area contributed by atoms with Crippen molar-refractivity contribution in [2.45, 2.75) is 26.3 Å². The van der Waals surface area contributed by atoms with Crippen LogP contribution >= 0.6 is 11.6 Å². The lowest BCUT2D eigenvalue weighted by molar-refractivity contribution is 0.0920. The minimum Gasteiger partial charge on any atom is -0.348 e. The minimum absolute atomic E-state index is 0.104. The fourth-order valence-electron chi connectivity index (χ4n) is 1.46. The number of hydrogen-bond acceptors (Lipinski definition) is 2. The molecule has 16 heavy (non-hydrogen) atoms. The van der Waals surface area contributed by atoms with Gasteiger partial charge in [0.15, 0.2) is 0 Å². The highest BCUT2D eigenvalue weighted by Gasteiger charge is 2.17. The van der Waals surface area contributed by atoms with Crippen molar-refractivity contribution in [3.8, 4) is 0 Å². The normalized spacial score (nSPS) is 12.8. The predicted octanol–water partition coefficient (Wildman–Crippen LogP) is 1.80. The lowest BCUT2D eigenvalue weighted by Crippen LogP contribution is -2.39. The molecule has 1 aromatic rings. The van der Waals surface area contributed by atoms with Gasteiger partial charge in [-0.3, -0.25) is 4.79 Å². The zero-order valence-corrected chi connectivity index (χ0v) is 10.7. The van der Waals surface area contributed by atoms with E-state index in [0.717, 1.165) is 6.42 Å². The Bertz CT molecular complexity index is 349. The van der Waals surface area contributed by atoms with E-state index in [9.17, 15) is 4.79 Å². The number of hydrogen-bond donors (Lipinski definition) is 1. The fourth-order valence-corrected chi connectivity index (χ4v) is 1.70. The molecule has 0 radical (unpaired) electrons. The van der Waals surface area contributed by atoms with Crippen LogP contribution in [0.2, 0.25) is 0 Å². The quantitative estimate of drug-likeness (QED) is 0.802. The van der Waals surface area contributed by atoms with Crippen LogP contribution in [-0.4, -0.2) is 27.4 Å². The molecule has 90 valence electrons. The summed E-state index contributed by atoms with van der Waals surface area (Å²) in [6.45, 7) is 4.13. The van der Waals surface area contributed by atoms with Gasteiger partial charge in [-0.1, -0.05) is 13.8 Å². The smallest absolute Gasteiger partial charge is 0.271 e. The zero-order chi connectivity index (χ0) is 12.1. The Hall–Kier alpha value is -1.03. The standard InChI is InChI=1S/C11H18ClN3O/c1-8(2)9(4-5-12)14-11(16)10-6-15(3)7-13-10/h6-9H,4-5H2,1-3H3,(H,14,16). The highest BCUT2D eigenvalue weighted by atomic mass is 35.5. The van der Waals surface area contributed by atoms with Crippen molar-refractivity contribution in [1.82, 2.24) is 14.9 Å². The SMILES string of the molecule is CC(C)C(CCCl)NC(=O)c1cn(C)cn1. The molecule has 1 amide bonds. The molecule has 0 aliphatic heterocycles. The van der Waals surface area contributed by atoms with Crippen LogP contribution in [0.1, 0.15) is 30.8 Å². The van der Waals surface area contributed by atoms with Gasteiger partial charge in [0.05, 0.1) is 6.33 Å². The maximum absolute atomic E-state index is 11.8. The van der Waals surface area contributed by atoms with Gasteiger partial charge in [-0.2, -0.15) is 0 Å². The second-order valence-electron chi connectivity index (χ2n) is 4.23. The van der Waals surface area contributed by atoms with E-state index in [1.165, 1.54) is 0 Å². The highest BCUT2D eigenvalue weighted by Crippen LogP contribution is 2.08. The number of carbonyl (C=O) groups is 1. The van der Waals surface area contributed by atoms with E-state index in [4.69, 9.17) is 11.6 Å². The van der Waals surface area contributed by atoms with Crippen molar-refractivity contribution in [2.24, 2.45) is 13.0 Å². The minimum atomic E-state index is -0.135. The maximum Gasteiger partial charge on any atom is 0.271 e. The lowest BCUT2D eigenvalue weighted by Gasteiger charge is -2.20. The first-order valence-electron chi connectivity index (χ1n) is 5.39. The summed E-state index contributed by atoms with van der Waals surface area (Å²) in [5.74, 6) is 0.779. The van der Waals surface area contributed by atoms with Crippen LogP contribution in [0.25, 0.3) is 0 Å². The van der Waals surface area contributed by atoms with Gasteiger partial charge >= 0.3 is 0 Å². The lowest BCUT2D eigenvalue weighted by atomic mass is 10.0. The number of nitrogens with zero attached hydrogens (tertiary/aromatic N) is 2. The second-order valence-corrected chi connectivity index (χ2v) is 4.60. The summed E-state index contributed by atoms with van der Waals surface area (Å²) < 4.78 is 1.75. The van der Waals surface area contributed by atoms with E-state index in [1.807, 2.05) is 7.05 Å². The van der Waals surface area contributed by atoms with E-state index in [2.05, 4.69) is 24.1 Å². The predicted molar refractivity (Wildman–Crippen MR) is 64.6 cm³/mol. The van der Waals surface area contributed by atoms with Gasteiger partial charge in [-0.05, 0) is 12.3 Å². The number of amides is 1. The molecular formula is C11H18ClN3O. The third-order valence-corrected chi connectivity index (χ3v) is 2.70. The van der Waals surface area contributed by atoms with Gasteiger partial charge in [-0.25, -0.2) is 4.98 Å². The summed E-state index contributed by atoms with van der Waals surface area (Å²) in [6.07, 6.45) is 4.09. The van der Waals surface area contributed by atoms with E-state index < -0.39 is 0 Å². The molecule has 4 nitrogen and oxygen atoms in total. The van der Waals surface area contributed by atoms with Gasteiger partial charge < -0.3 is 9.88 Å². The molecule has 1 heterocycles. The molecule has 1 unspecified atom stereocenters. The average Bonchev–Trinajstić information content (AvgIpc) is 2.64. The molecule has 0 saturated carbocycles. The number of rotatable bonds is 5. The largest absolute Gasteiger partial charge is 0.348 e. The van der Waals surface area contributed by atoms with Crippen LogP contribution in [0.5, 0.6) is 0 Å². The summed E-state index contributed by atoms with van der Waals surface area (Å²) in [7, 11) is 1.84. The number of imidazole rings is 1. The Balaban J connectivity index is 2.61. The third kappa shape index (κ3) is 3.52. The molecule has 0 aliphatic carbocycles. The van der Waals surface area contributed by atoms with Crippen LogP contribution in [-0.2, 0) is 7.05 Å². The fraction of sp³-hybridized carbons (Fsp3) is 0.636. The van der Waals surface area contributed by atoms with E-state index in [-0.39, 0.29) is 11.9 Å². The highest BCUT2D eigenvalue weighted by molar-refractivity contribution is 6.17. The van der Waals surface area contributed by atoms with Crippen LogP contribution in [0, 0.1) is 5.92 Å². The second kappa shape index (κ2) is 5.89. The van der Waals surface area contributed by atoms with Gasteiger partial charge in [0.2, 0.25) is 0 Å². The molecule has 0 fully saturated rings.